The summed E-state index contributed by atoms with van der Waals surface area (Å²) in [5, 5.41) is 3.62. The average Bonchev–Trinajstić information content (AvgIpc) is 2.42. The summed E-state index contributed by atoms with van der Waals surface area (Å²) in [4.78, 5) is 12.1. The summed E-state index contributed by atoms with van der Waals surface area (Å²) in [5.74, 6) is -0.0789. The number of rotatable bonds is 4. The fraction of sp³-hybridized carbons (Fsp3) is 0.500. The Morgan fingerprint density at radius 3 is 2.50 bits per heavy atom. The van der Waals surface area contributed by atoms with Gasteiger partial charge in [-0.2, -0.15) is 0 Å². The molecule has 1 heterocycles. The number of nitrogens with two attached hydrogens (primary N) is 1. The SMILES string of the molecule is Cl.NC1(C(=O)NCCc2ccc(Cl)cc2)CCOCC1. The van der Waals surface area contributed by atoms with Crippen molar-refractivity contribution in [2.24, 2.45) is 5.73 Å². The van der Waals surface area contributed by atoms with Gasteiger partial charge in [0.1, 0.15) is 0 Å². The van der Waals surface area contributed by atoms with Crippen LogP contribution in [0.5, 0.6) is 0 Å². The molecule has 0 aliphatic carbocycles. The second kappa shape index (κ2) is 7.84. The monoisotopic (exact) mass is 318 g/mol. The summed E-state index contributed by atoms with van der Waals surface area (Å²) in [6.07, 6.45) is 1.94. The van der Waals surface area contributed by atoms with Gasteiger partial charge in [-0.05, 0) is 37.0 Å². The topological polar surface area (TPSA) is 64.4 Å². The van der Waals surface area contributed by atoms with Crippen LogP contribution in [0.4, 0.5) is 0 Å². The van der Waals surface area contributed by atoms with E-state index in [9.17, 15) is 4.79 Å². The first kappa shape index (κ1) is 17.2. The first-order valence-corrected chi connectivity index (χ1v) is 6.87. The van der Waals surface area contributed by atoms with Crippen LogP contribution < -0.4 is 11.1 Å². The minimum absolute atomic E-state index is 0. The second-order valence-corrected chi connectivity index (χ2v) is 5.34. The van der Waals surface area contributed by atoms with E-state index in [1.165, 1.54) is 0 Å². The lowest BCUT2D eigenvalue weighted by atomic mass is 9.90. The third-order valence-electron chi connectivity index (χ3n) is 3.45. The molecule has 0 radical (unpaired) electrons. The minimum atomic E-state index is -0.766. The molecule has 2 rings (SSSR count). The maximum atomic E-state index is 12.1. The first-order chi connectivity index (χ1) is 9.10. The molecule has 1 fully saturated rings. The molecule has 112 valence electrons. The molecule has 0 bridgehead atoms. The predicted octanol–water partition coefficient (Wildman–Crippen LogP) is 1.93. The van der Waals surface area contributed by atoms with Gasteiger partial charge in [-0.1, -0.05) is 23.7 Å². The summed E-state index contributed by atoms with van der Waals surface area (Å²) >= 11 is 5.82. The predicted molar refractivity (Wildman–Crippen MR) is 82.4 cm³/mol. The smallest absolute Gasteiger partial charge is 0.240 e. The Hall–Kier alpha value is -0.810. The van der Waals surface area contributed by atoms with Gasteiger partial charge in [0.05, 0.1) is 5.54 Å². The highest BCUT2D eigenvalue weighted by atomic mass is 35.5. The van der Waals surface area contributed by atoms with Crippen molar-refractivity contribution in [1.29, 1.82) is 0 Å². The Bertz CT molecular complexity index is 431. The summed E-state index contributed by atoms with van der Waals surface area (Å²) in [6.45, 7) is 1.70. The zero-order valence-corrected chi connectivity index (χ0v) is 12.8. The van der Waals surface area contributed by atoms with Crippen molar-refractivity contribution in [2.45, 2.75) is 24.8 Å². The number of nitrogens with one attached hydrogen (secondary N) is 1. The van der Waals surface area contributed by atoms with Crippen LogP contribution >= 0.6 is 24.0 Å². The standard InChI is InChI=1S/C14H19ClN2O2.ClH/c15-12-3-1-11(2-4-12)5-8-17-13(18)14(16)6-9-19-10-7-14;/h1-4H,5-10,16H2,(H,17,18);1H. The van der Waals surface area contributed by atoms with Crippen LogP contribution in [0.1, 0.15) is 18.4 Å². The van der Waals surface area contributed by atoms with E-state index in [1.54, 1.807) is 0 Å². The summed E-state index contributed by atoms with van der Waals surface area (Å²) < 4.78 is 5.23. The lowest BCUT2D eigenvalue weighted by molar-refractivity contribution is -0.129. The first-order valence-electron chi connectivity index (χ1n) is 6.49. The minimum Gasteiger partial charge on any atom is -0.381 e. The maximum absolute atomic E-state index is 12.1. The van der Waals surface area contributed by atoms with Gasteiger partial charge in [0.25, 0.3) is 0 Å². The van der Waals surface area contributed by atoms with Gasteiger partial charge in [-0.15, -0.1) is 12.4 Å². The summed E-state index contributed by atoms with van der Waals surface area (Å²) in [5.41, 5.74) is 6.47. The molecule has 6 heteroatoms. The Morgan fingerprint density at radius 2 is 1.90 bits per heavy atom. The number of hydrogen-bond acceptors (Lipinski definition) is 3. The van der Waals surface area contributed by atoms with Crippen molar-refractivity contribution in [2.75, 3.05) is 19.8 Å². The normalized spacial score (nSPS) is 17.1. The third kappa shape index (κ3) is 4.63. The fourth-order valence-electron chi connectivity index (χ4n) is 2.11. The van der Waals surface area contributed by atoms with Crippen molar-refractivity contribution >= 4 is 29.9 Å². The highest BCUT2D eigenvalue weighted by Gasteiger charge is 2.35. The van der Waals surface area contributed by atoms with E-state index in [-0.39, 0.29) is 18.3 Å². The van der Waals surface area contributed by atoms with Gasteiger partial charge in [0.15, 0.2) is 0 Å². The van der Waals surface area contributed by atoms with Crippen LogP contribution in [0.25, 0.3) is 0 Å². The fourth-order valence-corrected chi connectivity index (χ4v) is 2.24. The average molecular weight is 319 g/mol. The van der Waals surface area contributed by atoms with E-state index in [4.69, 9.17) is 22.1 Å². The zero-order valence-electron chi connectivity index (χ0n) is 11.2. The lowest BCUT2D eigenvalue weighted by Gasteiger charge is -2.31. The molecule has 20 heavy (non-hydrogen) atoms. The highest BCUT2D eigenvalue weighted by Crippen LogP contribution is 2.17. The Morgan fingerprint density at radius 1 is 1.30 bits per heavy atom. The van der Waals surface area contributed by atoms with Gasteiger partial charge in [0.2, 0.25) is 5.91 Å². The van der Waals surface area contributed by atoms with E-state index in [0.29, 0.717) is 32.6 Å². The molecule has 1 aromatic carbocycles. The van der Waals surface area contributed by atoms with Gasteiger partial charge in [-0.3, -0.25) is 4.79 Å². The highest BCUT2D eigenvalue weighted by molar-refractivity contribution is 6.30. The van der Waals surface area contributed by atoms with Crippen LogP contribution in [0, 0.1) is 0 Å². The van der Waals surface area contributed by atoms with Crippen LogP contribution in [-0.2, 0) is 16.0 Å². The number of hydrogen-bond donors (Lipinski definition) is 2. The number of carbonyl (C=O) groups excluding carboxylic acids is 1. The van der Waals surface area contributed by atoms with Gasteiger partial charge >= 0.3 is 0 Å². The van der Waals surface area contributed by atoms with Gasteiger partial charge < -0.3 is 15.8 Å². The number of ether oxygens (including phenoxy) is 1. The van der Waals surface area contributed by atoms with E-state index in [0.717, 1.165) is 17.0 Å². The van der Waals surface area contributed by atoms with E-state index < -0.39 is 5.54 Å². The molecule has 1 aliphatic rings. The molecule has 1 aliphatic heterocycles. The molecule has 0 spiro atoms. The maximum Gasteiger partial charge on any atom is 0.240 e. The van der Waals surface area contributed by atoms with Crippen molar-refractivity contribution in [3.63, 3.8) is 0 Å². The number of amides is 1. The molecule has 1 aromatic rings. The molecular weight excluding hydrogens is 299 g/mol. The molecule has 1 saturated heterocycles. The van der Waals surface area contributed by atoms with E-state index in [2.05, 4.69) is 5.32 Å². The molecular formula is C14H20Cl2N2O2. The van der Waals surface area contributed by atoms with Crippen LogP contribution in [-0.4, -0.2) is 31.2 Å². The number of benzene rings is 1. The third-order valence-corrected chi connectivity index (χ3v) is 3.70. The Kier molecular flexibility index (Phi) is 6.76. The van der Waals surface area contributed by atoms with Crippen LogP contribution in [0.3, 0.4) is 0 Å². The lowest BCUT2D eigenvalue weighted by Crippen LogP contribution is -2.57. The van der Waals surface area contributed by atoms with Crippen LogP contribution in [0.2, 0.25) is 5.02 Å². The summed E-state index contributed by atoms with van der Waals surface area (Å²) in [6, 6.07) is 7.62. The molecule has 0 saturated carbocycles. The summed E-state index contributed by atoms with van der Waals surface area (Å²) in [7, 11) is 0. The Labute approximate surface area is 130 Å². The molecule has 0 unspecified atom stereocenters. The van der Waals surface area contributed by atoms with E-state index in [1.807, 2.05) is 24.3 Å². The molecule has 1 amide bonds. The zero-order chi connectivity index (χ0) is 13.7. The van der Waals surface area contributed by atoms with Gasteiger partial charge in [-0.25, -0.2) is 0 Å². The van der Waals surface area contributed by atoms with Crippen molar-refractivity contribution in [3.05, 3.63) is 34.9 Å². The molecule has 4 nitrogen and oxygen atoms in total. The van der Waals surface area contributed by atoms with E-state index >= 15 is 0 Å². The second-order valence-electron chi connectivity index (χ2n) is 4.90. The largest absolute Gasteiger partial charge is 0.381 e. The molecule has 3 N–H and O–H groups in total. The molecule has 0 atom stereocenters. The van der Waals surface area contributed by atoms with Crippen LogP contribution in [0.15, 0.2) is 24.3 Å². The van der Waals surface area contributed by atoms with Crippen molar-refractivity contribution in [3.8, 4) is 0 Å². The van der Waals surface area contributed by atoms with Crippen molar-refractivity contribution in [1.82, 2.24) is 5.32 Å². The Balaban J connectivity index is 0.00000200. The molecule has 0 aromatic heterocycles. The number of carbonyl (C=O) groups is 1. The quantitative estimate of drug-likeness (QED) is 0.891. The number of halogens is 2. The van der Waals surface area contributed by atoms with Crippen molar-refractivity contribution < 1.29 is 9.53 Å². The van der Waals surface area contributed by atoms with Gasteiger partial charge in [0, 0.05) is 24.8 Å².